The molecule has 2 N–H and O–H groups in total. The van der Waals surface area contributed by atoms with Gasteiger partial charge in [0.15, 0.2) is 0 Å². The van der Waals surface area contributed by atoms with Crippen molar-refractivity contribution in [3.05, 3.63) is 35.1 Å². The summed E-state index contributed by atoms with van der Waals surface area (Å²) >= 11 is 0. The highest BCUT2D eigenvalue weighted by Crippen LogP contribution is 2.30. The number of likely N-dealkylation sites (N-methyl/N-ethyl adjacent to an activating group) is 1. The summed E-state index contributed by atoms with van der Waals surface area (Å²) in [4.78, 5) is 0. The van der Waals surface area contributed by atoms with Gasteiger partial charge in [-0.25, -0.2) is 4.39 Å². The van der Waals surface area contributed by atoms with E-state index in [0.29, 0.717) is 12.1 Å². The summed E-state index contributed by atoms with van der Waals surface area (Å²) in [6.45, 7) is 8.93. The van der Waals surface area contributed by atoms with E-state index in [1.165, 1.54) is 6.07 Å². The van der Waals surface area contributed by atoms with Crippen LogP contribution >= 0.6 is 0 Å². The molecule has 0 fully saturated rings. The largest absolute Gasteiger partial charge is 0.384 e. The molecule has 0 aliphatic heterocycles. The Morgan fingerprint density at radius 3 is 2.53 bits per heavy atom. The number of benzene rings is 1. The number of hydrogen-bond acceptors (Lipinski definition) is 2. The Hall–Kier alpha value is -0.930. The fraction of sp³-hybridized carbons (Fsp3) is 0.571. The van der Waals surface area contributed by atoms with Gasteiger partial charge in [0.25, 0.3) is 0 Å². The van der Waals surface area contributed by atoms with E-state index in [4.69, 9.17) is 0 Å². The minimum absolute atomic E-state index is 0.0615. The third kappa shape index (κ3) is 3.05. The van der Waals surface area contributed by atoms with Crippen molar-refractivity contribution in [1.82, 2.24) is 5.32 Å². The molecule has 0 spiro atoms. The smallest absolute Gasteiger partial charge is 0.126 e. The van der Waals surface area contributed by atoms with Crippen molar-refractivity contribution in [2.45, 2.75) is 33.3 Å². The molecule has 0 amide bonds. The molecule has 0 saturated heterocycles. The van der Waals surface area contributed by atoms with Gasteiger partial charge in [-0.1, -0.05) is 32.9 Å². The number of rotatable bonds is 5. The van der Waals surface area contributed by atoms with E-state index < -0.39 is 5.60 Å². The van der Waals surface area contributed by atoms with E-state index in [1.54, 1.807) is 19.1 Å². The molecule has 0 heterocycles. The van der Waals surface area contributed by atoms with Crippen LogP contribution in [0.15, 0.2) is 18.2 Å². The molecule has 1 atom stereocenters. The maximum atomic E-state index is 13.2. The third-order valence-electron chi connectivity index (χ3n) is 3.26. The van der Waals surface area contributed by atoms with Crippen LogP contribution in [-0.2, 0) is 5.60 Å². The van der Waals surface area contributed by atoms with Crippen LogP contribution in [0, 0.1) is 18.7 Å². The molecule has 1 unspecified atom stereocenters. The summed E-state index contributed by atoms with van der Waals surface area (Å²) < 4.78 is 13.2. The molecule has 1 aromatic rings. The summed E-state index contributed by atoms with van der Waals surface area (Å²) in [6, 6.07) is 4.82. The zero-order valence-corrected chi connectivity index (χ0v) is 11.0. The number of hydrogen-bond donors (Lipinski definition) is 2. The Morgan fingerprint density at radius 2 is 2.06 bits per heavy atom. The van der Waals surface area contributed by atoms with Crippen molar-refractivity contribution in [3.8, 4) is 0 Å². The van der Waals surface area contributed by atoms with Crippen LogP contribution in [0.3, 0.4) is 0 Å². The lowest BCUT2D eigenvalue weighted by molar-refractivity contribution is -0.00886. The number of aliphatic hydroxyl groups is 1. The van der Waals surface area contributed by atoms with Crippen molar-refractivity contribution in [2.24, 2.45) is 5.92 Å². The first-order valence-electron chi connectivity index (χ1n) is 6.11. The van der Waals surface area contributed by atoms with Gasteiger partial charge in [0.05, 0.1) is 0 Å². The molecule has 0 saturated carbocycles. The highest BCUT2D eigenvalue weighted by atomic mass is 19.1. The first-order valence-corrected chi connectivity index (χ1v) is 6.11. The molecule has 2 nitrogen and oxygen atoms in total. The van der Waals surface area contributed by atoms with Gasteiger partial charge in [0, 0.05) is 6.54 Å². The number of nitrogens with one attached hydrogen (secondary N) is 1. The van der Waals surface area contributed by atoms with Crippen LogP contribution in [0.2, 0.25) is 0 Å². The lowest BCUT2D eigenvalue weighted by Crippen LogP contribution is -2.42. The Morgan fingerprint density at radius 1 is 1.41 bits per heavy atom. The highest BCUT2D eigenvalue weighted by molar-refractivity contribution is 5.29. The topological polar surface area (TPSA) is 32.3 Å². The standard InChI is InChI=1S/C14H22FNO/c1-5-16-9-14(17,10(2)3)12-6-7-13(15)11(4)8-12/h6-8,10,16-17H,5,9H2,1-4H3. The van der Waals surface area contributed by atoms with Gasteiger partial charge in [-0.05, 0) is 36.6 Å². The molecule has 0 aromatic heterocycles. The highest BCUT2D eigenvalue weighted by Gasteiger charge is 2.32. The predicted molar refractivity (Wildman–Crippen MR) is 68.4 cm³/mol. The van der Waals surface area contributed by atoms with Crippen molar-refractivity contribution >= 4 is 0 Å². The van der Waals surface area contributed by atoms with Crippen LogP contribution < -0.4 is 5.32 Å². The van der Waals surface area contributed by atoms with Crippen LogP contribution in [0.5, 0.6) is 0 Å². The van der Waals surface area contributed by atoms with Gasteiger partial charge < -0.3 is 10.4 Å². The molecule has 0 radical (unpaired) electrons. The molecular weight excluding hydrogens is 217 g/mol. The fourth-order valence-electron chi connectivity index (χ4n) is 1.87. The average Bonchev–Trinajstić information content (AvgIpc) is 2.29. The molecule has 1 aromatic carbocycles. The summed E-state index contributed by atoms with van der Waals surface area (Å²) in [7, 11) is 0. The lowest BCUT2D eigenvalue weighted by Gasteiger charge is -2.33. The zero-order valence-electron chi connectivity index (χ0n) is 11.0. The fourth-order valence-corrected chi connectivity index (χ4v) is 1.87. The van der Waals surface area contributed by atoms with Crippen molar-refractivity contribution in [2.75, 3.05) is 13.1 Å². The van der Waals surface area contributed by atoms with Crippen LogP contribution in [0.4, 0.5) is 4.39 Å². The molecule has 96 valence electrons. The minimum Gasteiger partial charge on any atom is -0.384 e. The van der Waals surface area contributed by atoms with E-state index in [1.807, 2.05) is 20.8 Å². The lowest BCUT2D eigenvalue weighted by atomic mass is 9.82. The van der Waals surface area contributed by atoms with E-state index in [9.17, 15) is 9.50 Å². The van der Waals surface area contributed by atoms with Gasteiger partial charge in [-0.3, -0.25) is 0 Å². The predicted octanol–water partition coefficient (Wildman–Crippen LogP) is 2.59. The van der Waals surface area contributed by atoms with E-state index in [-0.39, 0.29) is 11.7 Å². The van der Waals surface area contributed by atoms with Gasteiger partial charge in [0.2, 0.25) is 0 Å². The molecule has 3 heteroatoms. The number of aryl methyl sites for hydroxylation is 1. The van der Waals surface area contributed by atoms with Crippen LogP contribution in [-0.4, -0.2) is 18.2 Å². The normalized spacial score (nSPS) is 15.0. The maximum absolute atomic E-state index is 13.2. The quantitative estimate of drug-likeness (QED) is 0.827. The Labute approximate surface area is 103 Å². The van der Waals surface area contributed by atoms with Crippen molar-refractivity contribution in [1.29, 1.82) is 0 Å². The SMILES string of the molecule is CCNCC(O)(c1ccc(F)c(C)c1)C(C)C. The zero-order chi connectivity index (χ0) is 13.1. The molecule has 1 rings (SSSR count). The van der Waals surface area contributed by atoms with Gasteiger partial charge >= 0.3 is 0 Å². The Kier molecular flexibility index (Phi) is 4.66. The molecule has 0 aliphatic rings. The first kappa shape index (κ1) is 14.1. The second kappa shape index (κ2) is 5.61. The van der Waals surface area contributed by atoms with Gasteiger partial charge in [-0.15, -0.1) is 0 Å². The molecule has 0 bridgehead atoms. The maximum Gasteiger partial charge on any atom is 0.126 e. The summed E-state index contributed by atoms with van der Waals surface area (Å²) in [5.41, 5.74) is 0.388. The summed E-state index contributed by atoms with van der Waals surface area (Å²) in [5.74, 6) is -0.172. The average molecular weight is 239 g/mol. The van der Waals surface area contributed by atoms with Crippen molar-refractivity contribution in [3.63, 3.8) is 0 Å². The van der Waals surface area contributed by atoms with Crippen molar-refractivity contribution < 1.29 is 9.50 Å². The second-order valence-corrected chi connectivity index (χ2v) is 4.82. The Balaban J connectivity index is 3.08. The third-order valence-corrected chi connectivity index (χ3v) is 3.26. The summed E-state index contributed by atoms with van der Waals surface area (Å²) in [6.07, 6.45) is 0. The van der Waals surface area contributed by atoms with Gasteiger partial charge in [-0.2, -0.15) is 0 Å². The van der Waals surface area contributed by atoms with E-state index in [2.05, 4.69) is 5.32 Å². The monoisotopic (exact) mass is 239 g/mol. The summed E-state index contributed by atoms with van der Waals surface area (Å²) in [5, 5.41) is 13.9. The molecule has 0 aliphatic carbocycles. The van der Waals surface area contributed by atoms with Gasteiger partial charge in [0.1, 0.15) is 11.4 Å². The number of halogens is 1. The molecule has 17 heavy (non-hydrogen) atoms. The van der Waals surface area contributed by atoms with E-state index >= 15 is 0 Å². The van der Waals surface area contributed by atoms with E-state index in [0.717, 1.165) is 12.1 Å². The Bertz CT molecular complexity index is 378. The minimum atomic E-state index is -0.950. The molecular formula is C14H22FNO. The van der Waals surface area contributed by atoms with Crippen LogP contribution in [0.25, 0.3) is 0 Å². The first-order chi connectivity index (χ1) is 7.91. The second-order valence-electron chi connectivity index (χ2n) is 4.82. The van der Waals surface area contributed by atoms with Crippen LogP contribution in [0.1, 0.15) is 31.9 Å².